The maximum atomic E-state index is 12.3. The smallest absolute Gasteiger partial charge is 0.257 e. The van der Waals surface area contributed by atoms with Gasteiger partial charge >= 0.3 is 0 Å². The topological polar surface area (TPSA) is 42.0 Å². The second-order valence-corrected chi connectivity index (χ2v) is 6.20. The quantitative estimate of drug-likeness (QED) is 0.650. The van der Waals surface area contributed by atoms with Gasteiger partial charge < -0.3 is 5.32 Å². The number of nitrogens with one attached hydrogen (secondary N) is 1. The van der Waals surface area contributed by atoms with E-state index in [1.807, 2.05) is 36.4 Å². The van der Waals surface area contributed by atoms with Crippen LogP contribution < -0.4 is 5.32 Å². The van der Waals surface area contributed by atoms with Gasteiger partial charge in [0, 0.05) is 21.3 Å². The number of hydrogen-bond donors (Lipinski definition) is 1. The van der Waals surface area contributed by atoms with Crippen LogP contribution in [0.5, 0.6) is 0 Å². The molecule has 3 nitrogen and oxygen atoms in total. The number of benzene rings is 2. The van der Waals surface area contributed by atoms with Crippen molar-refractivity contribution in [2.75, 3.05) is 5.32 Å². The highest BCUT2D eigenvalue weighted by molar-refractivity contribution is 9.11. The standard InChI is InChI=1S/C16H10Br2N2O/c17-12-7-11(8-19-9-12)16(21)20-14-6-5-10-3-1-2-4-13(10)15(14)18/h1-9H,(H,20,21). The molecule has 0 radical (unpaired) electrons. The Morgan fingerprint density at radius 1 is 1.05 bits per heavy atom. The van der Waals surface area contributed by atoms with E-state index in [0.717, 1.165) is 25.4 Å². The van der Waals surface area contributed by atoms with Crippen LogP contribution in [-0.4, -0.2) is 10.9 Å². The number of hydrogen-bond acceptors (Lipinski definition) is 2. The summed E-state index contributed by atoms with van der Waals surface area (Å²) in [6, 6.07) is 13.6. The summed E-state index contributed by atoms with van der Waals surface area (Å²) in [6.07, 6.45) is 3.18. The molecule has 0 unspecified atom stereocenters. The molecule has 21 heavy (non-hydrogen) atoms. The molecular weight excluding hydrogens is 396 g/mol. The van der Waals surface area contributed by atoms with Crippen LogP contribution in [0.1, 0.15) is 10.4 Å². The highest BCUT2D eigenvalue weighted by atomic mass is 79.9. The maximum absolute atomic E-state index is 12.3. The largest absolute Gasteiger partial charge is 0.321 e. The number of carbonyl (C=O) groups is 1. The fourth-order valence-electron chi connectivity index (χ4n) is 2.06. The van der Waals surface area contributed by atoms with Crippen molar-refractivity contribution in [1.29, 1.82) is 0 Å². The van der Waals surface area contributed by atoms with Crippen molar-refractivity contribution in [3.63, 3.8) is 0 Å². The molecule has 3 aromatic rings. The summed E-state index contributed by atoms with van der Waals surface area (Å²) in [5.41, 5.74) is 1.24. The lowest BCUT2D eigenvalue weighted by Gasteiger charge is -2.10. The molecule has 0 saturated heterocycles. The molecule has 2 aromatic carbocycles. The molecular formula is C16H10Br2N2O. The zero-order chi connectivity index (χ0) is 14.8. The van der Waals surface area contributed by atoms with Gasteiger partial charge in [0.25, 0.3) is 5.91 Å². The Morgan fingerprint density at radius 2 is 1.86 bits per heavy atom. The van der Waals surface area contributed by atoms with E-state index in [1.54, 1.807) is 12.3 Å². The van der Waals surface area contributed by atoms with E-state index in [0.29, 0.717) is 5.56 Å². The minimum Gasteiger partial charge on any atom is -0.321 e. The lowest BCUT2D eigenvalue weighted by molar-refractivity contribution is 0.102. The second kappa shape index (κ2) is 5.95. The van der Waals surface area contributed by atoms with Gasteiger partial charge in [0.1, 0.15) is 0 Å². The fraction of sp³-hybridized carbons (Fsp3) is 0. The molecule has 0 saturated carbocycles. The summed E-state index contributed by atoms with van der Waals surface area (Å²) in [5.74, 6) is -0.195. The lowest BCUT2D eigenvalue weighted by atomic mass is 10.1. The molecule has 0 fully saturated rings. The molecule has 1 N–H and O–H groups in total. The van der Waals surface area contributed by atoms with Crippen molar-refractivity contribution in [3.05, 3.63) is 69.4 Å². The zero-order valence-electron chi connectivity index (χ0n) is 10.8. The average molecular weight is 406 g/mol. The number of pyridine rings is 1. The van der Waals surface area contributed by atoms with Gasteiger partial charge in [-0.2, -0.15) is 0 Å². The third-order valence-corrected chi connectivity index (χ3v) is 4.37. The highest BCUT2D eigenvalue weighted by Crippen LogP contribution is 2.31. The molecule has 104 valence electrons. The molecule has 1 aromatic heterocycles. The molecule has 0 aliphatic carbocycles. The normalized spacial score (nSPS) is 10.6. The number of carbonyl (C=O) groups excluding carboxylic acids is 1. The zero-order valence-corrected chi connectivity index (χ0v) is 14.0. The molecule has 0 bridgehead atoms. The summed E-state index contributed by atoms with van der Waals surface area (Å²) < 4.78 is 1.64. The van der Waals surface area contributed by atoms with Gasteiger partial charge in [-0.15, -0.1) is 0 Å². The van der Waals surface area contributed by atoms with Crippen molar-refractivity contribution in [2.45, 2.75) is 0 Å². The number of amides is 1. The number of aromatic nitrogens is 1. The average Bonchev–Trinajstić information content (AvgIpc) is 2.50. The molecule has 0 spiro atoms. The van der Waals surface area contributed by atoms with E-state index in [4.69, 9.17) is 0 Å². The second-order valence-electron chi connectivity index (χ2n) is 4.49. The summed E-state index contributed by atoms with van der Waals surface area (Å²) >= 11 is 6.87. The van der Waals surface area contributed by atoms with Gasteiger partial charge in [0.15, 0.2) is 0 Å². The Bertz CT molecular complexity index is 833. The maximum Gasteiger partial charge on any atom is 0.257 e. The van der Waals surface area contributed by atoms with Crippen LogP contribution in [0.2, 0.25) is 0 Å². The van der Waals surface area contributed by atoms with Crippen molar-refractivity contribution in [2.24, 2.45) is 0 Å². The van der Waals surface area contributed by atoms with Gasteiger partial charge in [-0.25, -0.2) is 0 Å². The fourth-order valence-corrected chi connectivity index (χ4v) is 3.02. The first kappa shape index (κ1) is 14.2. The minimum absolute atomic E-state index is 0.195. The van der Waals surface area contributed by atoms with Crippen LogP contribution >= 0.6 is 31.9 Å². The summed E-state index contributed by atoms with van der Waals surface area (Å²) in [6.45, 7) is 0. The molecule has 1 heterocycles. The Balaban J connectivity index is 1.95. The predicted octanol–water partition coefficient (Wildman–Crippen LogP) is 5.01. The Hall–Kier alpha value is -1.72. The molecule has 3 rings (SSSR count). The van der Waals surface area contributed by atoms with E-state index in [2.05, 4.69) is 42.2 Å². The highest BCUT2D eigenvalue weighted by Gasteiger charge is 2.10. The van der Waals surface area contributed by atoms with Gasteiger partial charge in [-0.3, -0.25) is 9.78 Å². The first-order valence-electron chi connectivity index (χ1n) is 6.24. The monoisotopic (exact) mass is 404 g/mol. The van der Waals surface area contributed by atoms with Crippen LogP contribution in [0.15, 0.2) is 63.8 Å². The minimum atomic E-state index is -0.195. The molecule has 1 amide bonds. The first-order valence-corrected chi connectivity index (χ1v) is 7.83. The van der Waals surface area contributed by atoms with Crippen molar-refractivity contribution >= 4 is 54.2 Å². The third kappa shape index (κ3) is 2.99. The molecule has 0 aliphatic heterocycles. The summed E-state index contributed by atoms with van der Waals surface area (Å²) in [5, 5.41) is 5.07. The third-order valence-electron chi connectivity index (χ3n) is 3.08. The number of halogens is 2. The van der Waals surface area contributed by atoms with Crippen molar-refractivity contribution in [1.82, 2.24) is 4.98 Å². The molecule has 0 atom stereocenters. The SMILES string of the molecule is O=C(Nc1ccc2ccccc2c1Br)c1cncc(Br)c1. The lowest BCUT2D eigenvalue weighted by Crippen LogP contribution is -2.12. The van der Waals surface area contributed by atoms with E-state index < -0.39 is 0 Å². The van der Waals surface area contributed by atoms with Gasteiger partial charge in [0.2, 0.25) is 0 Å². The van der Waals surface area contributed by atoms with Crippen LogP contribution in [0.4, 0.5) is 5.69 Å². The predicted molar refractivity (Wildman–Crippen MR) is 91.5 cm³/mol. The Kier molecular flexibility index (Phi) is 4.03. The number of fused-ring (bicyclic) bond motifs is 1. The number of rotatable bonds is 2. The van der Waals surface area contributed by atoms with Crippen LogP contribution in [0.25, 0.3) is 10.8 Å². The number of nitrogens with zero attached hydrogens (tertiary/aromatic N) is 1. The molecule has 5 heteroatoms. The first-order chi connectivity index (χ1) is 10.1. The van der Waals surface area contributed by atoms with Gasteiger partial charge in [-0.1, -0.05) is 30.3 Å². The van der Waals surface area contributed by atoms with E-state index >= 15 is 0 Å². The van der Waals surface area contributed by atoms with Gasteiger partial charge in [-0.05, 0) is 54.8 Å². The van der Waals surface area contributed by atoms with E-state index in [-0.39, 0.29) is 5.91 Å². The van der Waals surface area contributed by atoms with Crippen LogP contribution in [0.3, 0.4) is 0 Å². The number of anilines is 1. The summed E-state index contributed by atoms with van der Waals surface area (Å²) in [4.78, 5) is 16.3. The van der Waals surface area contributed by atoms with E-state index in [1.165, 1.54) is 6.20 Å². The van der Waals surface area contributed by atoms with E-state index in [9.17, 15) is 4.79 Å². The van der Waals surface area contributed by atoms with Crippen molar-refractivity contribution < 1.29 is 4.79 Å². The molecule has 0 aliphatic rings. The van der Waals surface area contributed by atoms with Crippen LogP contribution in [-0.2, 0) is 0 Å². The van der Waals surface area contributed by atoms with Gasteiger partial charge in [0.05, 0.1) is 11.3 Å². The van der Waals surface area contributed by atoms with Crippen molar-refractivity contribution in [3.8, 4) is 0 Å². The summed E-state index contributed by atoms with van der Waals surface area (Å²) in [7, 11) is 0. The Morgan fingerprint density at radius 3 is 2.67 bits per heavy atom. The van der Waals surface area contributed by atoms with Crippen LogP contribution in [0, 0.1) is 0 Å². The Labute approximate surface area is 138 Å².